The van der Waals surface area contributed by atoms with E-state index in [4.69, 9.17) is 4.74 Å². The van der Waals surface area contributed by atoms with Gasteiger partial charge in [-0.1, -0.05) is 36.4 Å². The molecular formula is C19H23NO3. The van der Waals surface area contributed by atoms with E-state index in [1.807, 2.05) is 50.2 Å². The summed E-state index contributed by atoms with van der Waals surface area (Å²) in [4.78, 5) is 12.3. The lowest BCUT2D eigenvalue weighted by Crippen LogP contribution is -2.33. The molecule has 122 valence electrons. The van der Waals surface area contributed by atoms with E-state index >= 15 is 0 Å². The zero-order chi connectivity index (χ0) is 16.8. The van der Waals surface area contributed by atoms with Gasteiger partial charge >= 0.3 is 0 Å². The summed E-state index contributed by atoms with van der Waals surface area (Å²) in [6.07, 6.45) is -0.141. The van der Waals surface area contributed by atoms with Gasteiger partial charge in [0.05, 0.1) is 13.2 Å². The van der Waals surface area contributed by atoms with Crippen LogP contribution in [0.15, 0.2) is 48.5 Å². The van der Waals surface area contributed by atoms with Crippen molar-refractivity contribution in [3.63, 3.8) is 0 Å². The van der Waals surface area contributed by atoms with Gasteiger partial charge in [-0.2, -0.15) is 0 Å². The molecule has 2 aromatic rings. The molecule has 1 amide bonds. The molecule has 0 fully saturated rings. The number of hydrogen-bond donors (Lipinski definition) is 2. The summed E-state index contributed by atoms with van der Waals surface area (Å²) in [5, 5.41) is 13.1. The Balaban J connectivity index is 1.97. The van der Waals surface area contributed by atoms with Gasteiger partial charge in [0, 0.05) is 11.6 Å². The number of ether oxygens (including phenoxy) is 1. The molecule has 0 spiro atoms. The number of carbonyl (C=O) groups is 1. The molecule has 4 nitrogen and oxygen atoms in total. The SMILES string of the molecule is COc1cc(C(=O)NC(C)CC(O)c2ccccc2)ccc1C. The third-order valence-electron chi connectivity index (χ3n) is 3.81. The van der Waals surface area contributed by atoms with Gasteiger partial charge in [-0.05, 0) is 43.5 Å². The van der Waals surface area contributed by atoms with E-state index in [1.165, 1.54) is 0 Å². The Hall–Kier alpha value is -2.33. The molecule has 0 saturated carbocycles. The molecule has 2 N–H and O–H groups in total. The Morgan fingerprint density at radius 1 is 1.22 bits per heavy atom. The fourth-order valence-corrected chi connectivity index (χ4v) is 2.47. The summed E-state index contributed by atoms with van der Waals surface area (Å²) >= 11 is 0. The van der Waals surface area contributed by atoms with Crippen molar-refractivity contribution in [3.05, 3.63) is 65.2 Å². The number of amides is 1. The van der Waals surface area contributed by atoms with Crippen LogP contribution in [0.5, 0.6) is 5.75 Å². The molecule has 0 aliphatic carbocycles. The predicted octanol–water partition coefficient (Wildman–Crippen LogP) is 3.25. The smallest absolute Gasteiger partial charge is 0.251 e. The number of methoxy groups -OCH3 is 1. The van der Waals surface area contributed by atoms with Crippen molar-refractivity contribution in [1.29, 1.82) is 0 Å². The monoisotopic (exact) mass is 313 g/mol. The Bertz CT molecular complexity index is 655. The number of hydrogen-bond acceptors (Lipinski definition) is 3. The average molecular weight is 313 g/mol. The van der Waals surface area contributed by atoms with Gasteiger partial charge in [-0.15, -0.1) is 0 Å². The van der Waals surface area contributed by atoms with E-state index in [2.05, 4.69) is 5.32 Å². The molecule has 0 aromatic heterocycles. The number of benzene rings is 2. The second-order valence-electron chi connectivity index (χ2n) is 5.72. The quantitative estimate of drug-likeness (QED) is 0.860. The van der Waals surface area contributed by atoms with E-state index in [1.54, 1.807) is 19.2 Å². The summed E-state index contributed by atoms with van der Waals surface area (Å²) in [5.74, 6) is 0.519. The molecule has 0 aliphatic heterocycles. The number of aliphatic hydroxyl groups excluding tert-OH is 1. The second-order valence-corrected chi connectivity index (χ2v) is 5.72. The Morgan fingerprint density at radius 3 is 2.57 bits per heavy atom. The number of nitrogens with one attached hydrogen (secondary N) is 1. The maximum atomic E-state index is 12.3. The van der Waals surface area contributed by atoms with Crippen LogP contribution >= 0.6 is 0 Å². The Labute approximate surface area is 137 Å². The van der Waals surface area contributed by atoms with Crippen LogP contribution in [0, 0.1) is 6.92 Å². The zero-order valence-electron chi connectivity index (χ0n) is 13.7. The van der Waals surface area contributed by atoms with Crippen LogP contribution in [0.1, 0.15) is 40.9 Å². The molecule has 0 saturated heterocycles. The third kappa shape index (κ3) is 4.57. The summed E-state index contributed by atoms with van der Waals surface area (Å²) in [6.45, 7) is 3.81. The van der Waals surface area contributed by atoms with Gasteiger partial charge in [0.25, 0.3) is 5.91 Å². The molecule has 0 radical (unpaired) electrons. The summed E-state index contributed by atoms with van der Waals surface area (Å²) in [5.41, 5.74) is 2.38. The van der Waals surface area contributed by atoms with Crippen molar-refractivity contribution in [2.24, 2.45) is 0 Å². The number of carbonyl (C=O) groups excluding carboxylic acids is 1. The van der Waals surface area contributed by atoms with Crippen molar-refractivity contribution >= 4 is 5.91 Å². The molecule has 4 heteroatoms. The van der Waals surface area contributed by atoms with Crippen LogP contribution in [0.25, 0.3) is 0 Å². The summed E-state index contributed by atoms with van der Waals surface area (Å²) in [7, 11) is 1.59. The highest BCUT2D eigenvalue weighted by Crippen LogP contribution is 2.20. The third-order valence-corrected chi connectivity index (χ3v) is 3.81. The highest BCUT2D eigenvalue weighted by molar-refractivity contribution is 5.94. The van der Waals surface area contributed by atoms with Gasteiger partial charge in [-0.3, -0.25) is 4.79 Å². The minimum atomic E-state index is -0.598. The maximum absolute atomic E-state index is 12.3. The van der Waals surface area contributed by atoms with Crippen LogP contribution < -0.4 is 10.1 Å². The van der Waals surface area contributed by atoms with Gasteiger partial charge < -0.3 is 15.2 Å². The van der Waals surface area contributed by atoms with Gasteiger partial charge in [0.15, 0.2) is 0 Å². The number of rotatable bonds is 6. The Morgan fingerprint density at radius 2 is 1.91 bits per heavy atom. The van der Waals surface area contributed by atoms with Gasteiger partial charge in [-0.25, -0.2) is 0 Å². The summed E-state index contributed by atoms with van der Waals surface area (Å²) in [6, 6.07) is 14.7. The van der Waals surface area contributed by atoms with Crippen LogP contribution in [0.2, 0.25) is 0 Å². The lowest BCUT2D eigenvalue weighted by atomic mass is 10.0. The molecule has 0 bridgehead atoms. The maximum Gasteiger partial charge on any atom is 0.251 e. The first-order valence-corrected chi connectivity index (χ1v) is 7.69. The zero-order valence-corrected chi connectivity index (χ0v) is 13.7. The lowest BCUT2D eigenvalue weighted by molar-refractivity contribution is 0.0916. The molecular weight excluding hydrogens is 290 g/mol. The van der Waals surface area contributed by atoms with Crippen LogP contribution in [0.4, 0.5) is 0 Å². The van der Waals surface area contributed by atoms with Crippen LogP contribution in [-0.2, 0) is 0 Å². The van der Waals surface area contributed by atoms with Crippen molar-refractivity contribution in [2.75, 3.05) is 7.11 Å². The molecule has 2 unspecified atom stereocenters. The highest BCUT2D eigenvalue weighted by Gasteiger charge is 2.16. The standard InChI is InChI=1S/C19H23NO3/c1-13-9-10-16(12-18(13)23-3)19(22)20-14(2)11-17(21)15-7-5-4-6-8-15/h4-10,12,14,17,21H,11H2,1-3H3,(H,20,22). The number of aliphatic hydroxyl groups is 1. The lowest BCUT2D eigenvalue weighted by Gasteiger charge is -2.18. The van der Waals surface area contributed by atoms with Crippen molar-refractivity contribution < 1.29 is 14.6 Å². The van der Waals surface area contributed by atoms with Gasteiger partial charge in [0.1, 0.15) is 5.75 Å². The van der Waals surface area contributed by atoms with E-state index in [0.29, 0.717) is 17.7 Å². The predicted molar refractivity (Wildman–Crippen MR) is 90.7 cm³/mol. The minimum Gasteiger partial charge on any atom is -0.496 e. The second kappa shape index (κ2) is 7.79. The largest absolute Gasteiger partial charge is 0.496 e. The summed E-state index contributed by atoms with van der Waals surface area (Å²) < 4.78 is 5.24. The highest BCUT2D eigenvalue weighted by atomic mass is 16.5. The fourth-order valence-electron chi connectivity index (χ4n) is 2.47. The topological polar surface area (TPSA) is 58.6 Å². The van der Waals surface area contributed by atoms with Crippen molar-refractivity contribution in [2.45, 2.75) is 32.4 Å². The van der Waals surface area contributed by atoms with Crippen LogP contribution in [0.3, 0.4) is 0 Å². The first-order valence-electron chi connectivity index (χ1n) is 7.69. The molecule has 0 aliphatic rings. The first-order chi connectivity index (χ1) is 11.0. The normalized spacial score (nSPS) is 13.2. The van der Waals surface area contributed by atoms with Gasteiger partial charge in [0.2, 0.25) is 0 Å². The molecule has 2 aromatic carbocycles. The van der Waals surface area contributed by atoms with Crippen molar-refractivity contribution in [1.82, 2.24) is 5.32 Å². The Kier molecular flexibility index (Phi) is 5.77. The average Bonchev–Trinajstić information content (AvgIpc) is 2.55. The van der Waals surface area contributed by atoms with Crippen molar-refractivity contribution in [3.8, 4) is 5.75 Å². The molecule has 23 heavy (non-hydrogen) atoms. The molecule has 0 heterocycles. The van der Waals surface area contributed by atoms with E-state index in [0.717, 1.165) is 11.1 Å². The van der Waals surface area contributed by atoms with E-state index in [-0.39, 0.29) is 11.9 Å². The van der Waals surface area contributed by atoms with E-state index in [9.17, 15) is 9.90 Å². The van der Waals surface area contributed by atoms with Crippen LogP contribution in [-0.4, -0.2) is 24.2 Å². The fraction of sp³-hybridized carbons (Fsp3) is 0.316. The minimum absolute atomic E-state index is 0.148. The molecule has 2 rings (SSSR count). The first kappa shape index (κ1) is 17.0. The van der Waals surface area contributed by atoms with E-state index < -0.39 is 6.10 Å². The molecule has 2 atom stereocenters. The number of aryl methyl sites for hydroxylation is 1.